The second kappa shape index (κ2) is 10.4. The minimum Gasteiger partial charge on any atom is -0.490 e. The first-order valence-corrected chi connectivity index (χ1v) is 10.1. The highest BCUT2D eigenvalue weighted by molar-refractivity contribution is 9.10. The first kappa shape index (κ1) is 21.3. The maximum Gasteiger partial charge on any atom is 0.162 e. The highest BCUT2D eigenvalue weighted by Crippen LogP contribution is 2.34. The Balaban J connectivity index is 1.66. The number of hydrogen-bond acceptors (Lipinski definition) is 3. The Kier molecular flexibility index (Phi) is 7.61. The van der Waals surface area contributed by atoms with Gasteiger partial charge in [0.05, 0.1) is 6.61 Å². The van der Waals surface area contributed by atoms with E-state index in [0.717, 1.165) is 21.2 Å². The quantitative estimate of drug-likeness (QED) is 0.424. The second-order valence-electron chi connectivity index (χ2n) is 6.47. The second-order valence-corrected chi connectivity index (χ2v) is 7.32. The summed E-state index contributed by atoms with van der Waals surface area (Å²) in [5.74, 6) is 0.750. The lowest BCUT2D eigenvalue weighted by molar-refractivity contribution is 0.268. The zero-order valence-corrected chi connectivity index (χ0v) is 17.6. The highest BCUT2D eigenvalue weighted by atomic mass is 79.9. The number of ether oxygens (including phenoxy) is 2. The monoisotopic (exact) mass is 461 g/mol. The molecule has 0 aliphatic heterocycles. The summed E-state index contributed by atoms with van der Waals surface area (Å²) in [7, 11) is 0. The van der Waals surface area contributed by atoms with Crippen molar-refractivity contribution >= 4 is 15.9 Å². The Morgan fingerprint density at radius 1 is 0.793 bits per heavy atom. The van der Waals surface area contributed by atoms with Gasteiger partial charge in [-0.3, -0.25) is 0 Å². The topological polar surface area (TPSA) is 30.5 Å². The van der Waals surface area contributed by atoms with Crippen LogP contribution in [0.3, 0.4) is 0 Å². The fraction of sp³-hybridized carbons (Fsp3) is 0.217. The first-order chi connectivity index (χ1) is 14.0. The number of nitrogens with one attached hydrogen (secondary N) is 1. The average molecular weight is 462 g/mol. The van der Waals surface area contributed by atoms with Crippen LogP contribution in [-0.4, -0.2) is 6.61 Å². The molecule has 6 heteroatoms. The molecule has 0 saturated heterocycles. The Hall–Kier alpha value is -2.44. The molecule has 29 heavy (non-hydrogen) atoms. The largest absolute Gasteiger partial charge is 0.490 e. The van der Waals surface area contributed by atoms with Crippen molar-refractivity contribution in [2.24, 2.45) is 0 Å². The molecule has 0 spiro atoms. The van der Waals surface area contributed by atoms with Crippen LogP contribution in [-0.2, 0) is 19.7 Å². The highest BCUT2D eigenvalue weighted by Gasteiger charge is 2.11. The Labute approximate surface area is 177 Å². The van der Waals surface area contributed by atoms with Gasteiger partial charge in [-0.1, -0.05) is 40.2 Å². The molecule has 0 aliphatic carbocycles. The van der Waals surface area contributed by atoms with Gasteiger partial charge in [0.2, 0.25) is 0 Å². The molecule has 0 aliphatic rings. The zero-order chi connectivity index (χ0) is 20.6. The van der Waals surface area contributed by atoms with E-state index in [2.05, 4.69) is 21.2 Å². The van der Waals surface area contributed by atoms with Crippen LogP contribution in [0.5, 0.6) is 11.5 Å². The summed E-state index contributed by atoms with van der Waals surface area (Å²) in [6.07, 6.45) is 0. The van der Waals surface area contributed by atoms with Gasteiger partial charge >= 0.3 is 0 Å². The molecular weight excluding hydrogens is 440 g/mol. The number of halogens is 3. The van der Waals surface area contributed by atoms with Crippen LogP contribution in [0.2, 0.25) is 0 Å². The van der Waals surface area contributed by atoms with E-state index in [1.807, 2.05) is 19.1 Å². The smallest absolute Gasteiger partial charge is 0.162 e. The standard InChI is InChI=1S/C23H22BrF2NO2/c1-2-28-22-11-18(14-27-13-16-3-7-19(25)8-4-16)21(24)12-23(22)29-15-17-5-9-20(26)10-6-17/h3-12,27H,2,13-15H2,1H3. The lowest BCUT2D eigenvalue weighted by Crippen LogP contribution is -2.13. The zero-order valence-electron chi connectivity index (χ0n) is 16.1. The van der Waals surface area contributed by atoms with Crippen molar-refractivity contribution < 1.29 is 18.3 Å². The normalized spacial score (nSPS) is 10.8. The van der Waals surface area contributed by atoms with Crippen LogP contribution < -0.4 is 14.8 Å². The van der Waals surface area contributed by atoms with Gasteiger partial charge in [0, 0.05) is 17.6 Å². The lowest BCUT2D eigenvalue weighted by Gasteiger charge is -2.15. The molecule has 0 atom stereocenters. The predicted octanol–water partition coefficient (Wildman–Crippen LogP) is 5.99. The minimum atomic E-state index is -0.274. The maximum atomic E-state index is 13.1. The SMILES string of the molecule is CCOc1cc(CNCc2ccc(F)cc2)c(Br)cc1OCc1ccc(F)cc1. The molecule has 0 unspecified atom stereocenters. The van der Waals surface area contributed by atoms with Crippen molar-refractivity contribution in [2.75, 3.05) is 6.61 Å². The molecule has 0 aromatic heterocycles. The third kappa shape index (κ3) is 6.27. The molecule has 0 fully saturated rings. The van der Waals surface area contributed by atoms with Crippen molar-refractivity contribution in [1.82, 2.24) is 5.32 Å². The average Bonchev–Trinajstić information content (AvgIpc) is 2.72. The van der Waals surface area contributed by atoms with Gasteiger partial charge in [-0.05, 0) is 60.0 Å². The van der Waals surface area contributed by atoms with Crippen LogP contribution in [0.25, 0.3) is 0 Å². The first-order valence-electron chi connectivity index (χ1n) is 9.32. The van der Waals surface area contributed by atoms with Gasteiger partial charge in [0.25, 0.3) is 0 Å². The molecule has 3 aromatic carbocycles. The summed E-state index contributed by atoms with van der Waals surface area (Å²) >= 11 is 3.59. The summed E-state index contributed by atoms with van der Waals surface area (Å²) in [5.41, 5.74) is 2.89. The number of rotatable bonds is 9. The number of benzene rings is 3. The third-order valence-electron chi connectivity index (χ3n) is 4.28. The van der Waals surface area contributed by atoms with E-state index in [-0.39, 0.29) is 11.6 Å². The van der Waals surface area contributed by atoms with Crippen LogP contribution in [0, 0.1) is 11.6 Å². The van der Waals surface area contributed by atoms with E-state index < -0.39 is 0 Å². The van der Waals surface area contributed by atoms with E-state index >= 15 is 0 Å². The fourth-order valence-corrected chi connectivity index (χ4v) is 3.24. The molecule has 0 saturated carbocycles. The van der Waals surface area contributed by atoms with E-state index in [4.69, 9.17) is 9.47 Å². The van der Waals surface area contributed by atoms with Gasteiger partial charge in [-0.25, -0.2) is 8.78 Å². The molecule has 0 heterocycles. The van der Waals surface area contributed by atoms with Gasteiger partial charge in [-0.2, -0.15) is 0 Å². The Morgan fingerprint density at radius 2 is 1.38 bits per heavy atom. The molecule has 3 aromatic rings. The summed E-state index contributed by atoms with van der Waals surface area (Å²) in [6, 6.07) is 16.4. The van der Waals surface area contributed by atoms with Crippen molar-refractivity contribution in [3.63, 3.8) is 0 Å². The summed E-state index contributed by atoms with van der Waals surface area (Å²) in [4.78, 5) is 0. The summed E-state index contributed by atoms with van der Waals surface area (Å²) in [6.45, 7) is 3.97. The van der Waals surface area contributed by atoms with Crippen molar-refractivity contribution in [2.45, 2.75) is 26.6 Å². The predicted molar refractivity (Wildman–Crippen MR) is 113 cm³/mol. The molecule has 0 amide bonds. The third-order valence-corrected chi connectivity index (χ3v) is 5.02. The van der Waals surface area contributed by atoms with Crippen LogP contribution >= 0.6 is 15.9 Å². The molecule has 152 valence electrons. The van der Waals surface area contributed by atoms with Crippen molar-refractivity contribution in [1.29, 1.82) is 0 Å². The van der Waals surface area contributed by atoms with Crippen LogP contribution in [0.1, 0.15) is 23.6 Å². The van der Waals surface area contributed by atoms with Crippen LogP contribution in [0.15, 0.2) is 65.1 Å². The van der Waals surface area contributed by atoms with Gasteiger partial charge in [-0.15, -0.1) is 0 Å². The minimum absolute atomic E-state index is 0.242. The molecular formula is C23H22BrF2NO2. The summed E-state index contributed by atoms with van der Waals surface area (Å²) in [5, 5.41) is 3.35. The van der Waals surface area contributed by atoms with E-state index in [9.17, 15) is 8.78 Å². The van der Waals surface area contributed by atoms with Gasteiger partial charge in [0.15, 0.2) is 11.5 Å². The maximum absolute atomic E-state index is 13.1. The fourth-order valence-electron chi connectivity index (χ4n) is 2.78. The van der Waals surface area contributed by atoms with Crippen LogP contribution in [0.4, 0.5) is 8.78 Å². The molecule has 3 rings (SSSR count). The molecule has 0 radical (unpaired) electrons. The number of hydrogen-bond donors (Lipinski definition) is 1. The van der Waals surface area contributed by atoms with Gasteiger partial charge in [0.1, 0.15) is 18.2 Å². The molecule has 0 bridgehead atoms. The van der Waals surface area contributed by atoms with Crippen molar-refractivity contribution in [3.8, 4) is 11.5 Å². The Morgan fingerprint density at radius 3 is 2.00 bits per heavy atom. The van der Waals surface area contributed by atoms with E-state index in [1.54, 1.807) is 24.3 Å². The molecule has 3 nitrogen and oxygen atoms in total. The van der Waals surface area contributed by atoms with Gasteiger partial charge < -0.3 is 14.8 Å². The van der Waals surface area contributed by atoms with E-state index in [0.29, 0.717) is 37.8 Å². The lowest BCUT2D eigenvalue weighted by atomic mass is 10.1. The van der Waals surface area contributed by atoms with E-state index in [1.165, 1.54) is 24.3 Å². The summed E-state index contributed by atoms with van der Waals surface area (Å²) < 4.78 is 38.6. The van der Waals surface area contributed by atoms with Crippen molar-refractivity contribution in [3.05, 3.63) is 93.5 Å². The Bertz CT molecular complexity index is 931. The molecule has 1 N–H and O–H groups in total.